The lowest BCUT2D eigenvalue weighted by atomic mass is 10.2. The quantitative estimate of drug-likeness (QED) is 0.485. The molecule has 1 amide bonds. The van der Waals surface area contributed by atoms with Crippen LogP contribution in [0.3, 0.4) is 0 Å². The van der Waals surface area contributed by atoms with E-state index < -0.39 is 0 Å². The van der Waals surface area contributed by atoms with E-state index in [4.69, 9.17) is 0 Å². The van der Waals surface area contributed by atoms with Crippen molar-refractivity contribution in [3.63, 3.8) is 0 Å². The van der Waals surface area contributed by atoms with Crippen LogP contribution in [0.5, 0.6) is 0 Å². The highest BCUT2D eigenvalue weighted by molar-refractivity contribution is 8.00. The van der Waals surface area contributed by atoms with Crippen molar-refractivity contribution in [1.82, 2.24) is 15.1 Å². The Morgan fingerprint density at radius 1 is 1.12 bits per heavy atom. The van der Waals surface area contributed by atoms with E-state index in [0.29, 0.717) is 5.75 Å². The summed E-state index contributed by atoms with van der Waals surface area (Å²) in [5.74, 6) is 1.51. The molecule has 0 unspecified atom stereocenters. The highest BCUT2D eigenvalue weighted by Gasteiger charge is 2.16. The molecule has 2 rings (SSSR count). The average molecular weight is 362 g/mol. The number of unbranched alkanes of at least 4 members (excludes halogenated alkanes) is 1. The molecule has 0 radical (unpaired) electrons. The molecule has 138 valence electrons. The maximum Gasteiger partial charge on any atom is 0.230 e. The lowest BCUT2D eigenvalue weighted by molar-refractivity contribution is -0.118. The summed E-state index contributed by atoms with van der Waals surface area (Å²) in [4.78, 5) is 16.7. The van der Waals surface area contributed by atoms with Crippen molar-refractivity contribution < 1.29 is 4.79 Å². The summed E-state index contributed by atoms with van der Waals surface area (Å²) in [6.45, 7) is 11.2. The lowest BCUT2D eigenvalue weighted by Crippen LogP contribution is -2.46. The molecular formula is C20H31N3OS. The zero-order chi connectivity index (χ0) is 17.7. The molecule has 1 N–H and O–H groups in total. The summed E-state index contributed by atoms with van der Waals surface area (Å²) in [7, 11) is 0. The maximum absolute atomic E-state index is 11.6. The Morgan fingerprint density at radius 3 is 2.56 bits per heavy atom. The molecule has 1 aromatic carbocycles. The Bertz CT molecular complexity index is 501. The van der Waals surface area contributed by atoms with Crippen LogP contribution in [-0.4, -0.2) is 66.5 Å². The monoisotopic (exact) mass is 361 g/mol. The first-order valence-electron chi connectivity index (χ1n) is 9.22. The van der Waals surface area contributed by atoms with E-state index >= 15 is 0 Å². The molecule has 1 heterocycles. The molecule has 4 nitrogen and oxygen atoms in total. The van der Waals surface area contributed by atoms with Gasteiger partial charge in [-0.1, -0.05) is 36.4 Å². The standard InChI is InChI=1S/C20H31N3OS/c1-2-16-25-18-20(24)21-10-6-7-11-22-12-14-23(15-13-22)17-19-8-4-3-5-9-19/h2-5,8-9H,1,6-7,10-18H2,(H,21,24). The topological polar surface area (TPSA) is 35.6 Å². The molecule has 1 saturated heterocycles. The van der Waals surface area contributed by atoms with Crippen molar-refractivity contribution >= 4 is 17.7 Å². The van der Waals surface area contributed by atoms with E-state index in [0.717, 1.165) is 64.4 Å². The summed E-state index contributed by atoms with van der Waals surface area (Å²) in [5.41, 5.74) is 1.40. The number of nitrogens with one attached hydrogen (secondary N) is 1. The van der Waals surface area contributed by atoms with E-state index in [9.17, 15) is 4.79 Å². The van der Waals surface area contributed by atoms with Crippen LogP contribution >= 0.6 is 11.8 Å². The number of hydrogen-bond donors (Lipinski definition) is 1. The first kappa shape index (κ1) is 20.0. The van der Waals surface area contributed by atoms with Gasteiger partial charge in [0.05, 0.1) is 5.75 Å². The van der Waals surface area contributed by atoms with E-state index in [-0.39, 0.29) is 5.91 Å². The van der Waals surface area contributed by atoms with Crippen LogP contribution < -0.4 is 5.32 Å². The molecule has 1 aromatic rings. The van der Waals surface area contributed by atoms with Gasteiger partial charge in [-0.25, -0.2) is 0 Å². The second-order valence-corrected chi connectivity index (χ2v) is 7.49. The first-order valence-corrected chi connectivity index (χ1v) is 10.4. The van der Waals surface area contributed by atoms with Gasteiger partial charge in [-0.05, 0) is 24.9 Å². The Labute approximate surface area is 156 Å². The predicted molar refractivity (Wildman–Crippen MR) is 108 cm³/mol. The van der Waals surface area contributed by atoms with Crippen molar-refractivity contribution in [2.45, 2.75) is 19.4 Å². The van der Waals surface area contributed by atoms with Gasteiger partial charge in [0.15, 0.2) is 0 Å². The maximum atomic E-state index is 11.6. The number of nitrogens with zero attached hydrogens (tertiary/aromatic N) is 2. The molecule has 25 heavy (non-hydrogen) atoms. The van der Waals surface area contributed by atoms with E-state index in [1.807, 2.05) is 6.08 Å². The number of benzene rings is 1. The van der Waals surface area contributed by atoms with Gasteiger partial charge >= 0.3 is 0 Å². The second-order valence-electron chi connectivity index (χ2n) is 6.46. The third-order valence-electron chi connectivity index (χ3n) is 4.41. The van der Waals surface area contributed by atoms with Crippen molar-refractivity contribution in [3.8, 4) is 0 Å². The molecule has 0 aliphatic carbocycles. The SMILES string of the molecule is C=CCSCC(=O)NCCCCN1CCN(Cc2ccccc2)CC1. The number of thioether (sulfide) groups is 1. The van der Waals surface area contributed by atoms with Crippen LogP contribution in [0, 0.1) is 0 Å². The van der Waals surface area contributed by atoms with Crippen LogP contribution in [0.25, 0.3) is 0 Å². The summed E-state index contributed by atoms with van der Waals surface area (Å²) in [5, 5.41) is 2.99. The number of carbonyl (C=O) groups excluding carboxylic acids is 1. The minimum atomic E-state index is 0.140. The summed E-state index contributed by atoms with van der Waals surface area (Å²) < 4.78 is 0. The van der Waals surface area contributed by atoms with Crippen LogP contribution in [0.15, 0.2) is 43.0 Å². The number of amides is 1. The van der Waals surface area contributed by atoms with Crippen molar-refractivity contribution in [1.29, 1.82) is 0 Å². The van der Waals surface area contributed by atoms with E-state index in [2.05, 4.69) is 52.0 Å². The number of hydrogen-bond acceptors (Lipinski definition) is 4. The average Bonchev–Trinajstić information content (AvgIpc) is 2.64. The third-order valence-corrected chi connectivity index (χ3v) is 5.34. The fraction of sp³-hybridized carbons (Fsp3) is 0.550. The zero-order valence-corrected chi connectivity index (χ0v) is 16.0. The van der Waals surface area contributed by atoms with Crippen molar-refractivity contribution in [2.75, 3.05) is 50.8 Å². The van der Waals surface area contributed by atoms with Crippen molar-refractivity contribution in [3.05, 3.63) is 48.6 Å². The molecule has 0 saturated carbocycles. The molecule has 0 spiro atoms. The molecular weight excluding hydrogens is 330 g/mol. The highest BCUT2D eigenvalue weighted by Crippen LogP contribution is 2.09. The molecule has 0 atom stereocenters. The summed E-state index contributed by atoms with van der Waals surface area (Å²) in [6, 6.07) is 10.7. The second kappa shape index (κ2) is 12.1. The Kier molecular flexibility index (Phi) is 9.70. The lowest BCUT2D eigenvalue weighted by Gasteiger charge is -2.34. The van der Waals surface area contributed by atoms with Gasteiger partial charge in [0, 0.05) is 45.0 Å². The highest BCUT2D eigenvalue weighted by atomic mass is 32.2. The van der Waals surface area contributed by atoms with Crippen LogP contribution in [0.1, 0.15) is 18.4 Å². The summed E-state index contributed by atoms with van der Waals surface area (Å²) in [6.07, 6.45) is 4.04. The predicted octanol–water partition coefficient (Wildman–Crippen LogP) is 2.62. The largest absolute Gasteiger partial charge is 0.355 e. The van der Waals surface area contributed by atoms with Gasteiger partial charge in [-0.2, -0.15) is 0 Å². The van der Waals surface area contributed by atoms with E-state index in [1.165, 1.54) is 5.56 Å². The molecule has 1 fully saturated rings. The number of rotatable bonds is 11. The summed E-state index contributed by atoms with van der Waals surface area (Å²) >= 11 is 1.61. The minimum Gasteiger partial charge on any atom is -0.355 e. The minimum absolute atomic E-state index is 0.140. The molecule has 0 aromatic heterocycles. The number of carbonyl (C=O) groups is 1. The normalized spacial score (nSPS) is 15.8. The van der Waals surface area contributed by atoms with E-state index in [1.54, 1.807) is 11.8 Å². The van der Waals surface area contributed by atoms with Gasteiger partial charge in [-0.3, -0.25) is 9.69 Å². The molecule has 1 aliphatic heterocycles. The van der Waals surface area contributed by atoms with Crippen LogP contribution in [-0.2, 0) is 11.3 Å². The Balaban J connectivity index is 1.48. The van der Waals surface area contributed by atoms with Gasteiger partial charge in [-0.15, -0.1) is 18.3 Å². The smallest absolute Gasteiger partial charge is 0.230 e. The fourth-order valence-corrected chi connectivity index (χ4v) is 3.56. The molecule has 5 heteroatoms. The number of piperazine rings is 1. The van der Waals surface area contributed by atoms with Gasteiger partial charge < -0.3 is 10.2 Å². The van der Waals surface area contributed by atoms with Gasteiger partial charge in [0.25, 0.3) is 0 Å². The Morgan fingerprint density at radius 2 is 1.84 bits per heavy atom. The van der Waals surface area contributed by atoms with Gasteiger partial charge in [0.1, 0.15) is 0 Å². The first-order chi connectivity index (χ1) is 12.3. The van der Waals surface area contributed by atoms with Crippen molar-refractivity contribution in [2.24, 2.45) is 0 Å². The molecule has 0 bridgehead atoms. The third kappa shape index (κ3) is 8.56. The zero-order valence-electron chi connectivity index (χ0n) is 15.2. The molecule has 1 aliphatic rings. The fourth-order valence-electron chi connectivity index (χ4n) is 2.99. The van der Waals surface area contributed by atoms with Crippen LogP contribution in [0.4, 0.5) is 0 Å². The Hall–Kier alpha value is -1.30. The van der Waals surface area contributed by atoms with Gasteiger partial charge in [0.2, 0.25) is 5.91 Å². The van der Waals surface area contributed by atoms with Crippen LogP contribution in [0.2, 0.25) is 0 Å².